The summed E-state index contributed by atoms with van der Waals surface area (Å²) in [6.07, 6.45) is 1.41. The SMILES string of the molecule is CCOC(C(=O)C1CCOCC1)C(C)(C)C. The van der Waals surface area contributed by atoms with E-state index in [1.54, 1.807) is 0 Å². The quantitative estimate of drug-likeness (QED) is 0.741. The lowest BCUT2D eigenvalue weighted by atomic mass is 9.80. The van der Waals surface area contributed by atoms with Gasteiger partial charge in [-0.1, -0.05) is 20.8 Å². The number of ether oxygens (including phenoxy) is 2. The molecule has 0 aromatic carbocycles. The molecular formula is C13H24O3. The van der Waals surface area contributed by atoms with Crippen molar-refractivity contribution >= 4 is 5.78 Å². The summed E-state index contributed by atoms with van der Waals surface area (Å²) >= 11 is 0. The molecule has 1 rings (SSSR count). The van der Waals surface area contributed by atoms with Crippen LogP contribution in [0, 0.1) is 11.3 Å². The molecule has 1 aliphatic heterocycles. The van der Waals surface area contributed by atoms with E-state index in [-0.39, 0.29) is 23.2 Å². The van der Waals surface area contributed by atoms with E-state index in [9.17, 15) is 4.79 Å². The summed E-state index contributed by atoms with van der Waals surface area (Å²) in [7, 11) is 0. The van der Waals surface area contributed by atoms with Gasteiger partial charge in [-0.15, -0.1) is 0 Å². The van der Waals surface area contributed by atoms with E-state index in [2.05, 4.69) is 20.8 Å². The van der Waals surface area contributed by atoms with Crippen molar-refractivity contribution in [2.75, 3.05) is 19.8 Å². The fraction of sp³-hybridized carbons (Fsp3) is 0.923. The van der Waals surface area contributed by atoms with Crippen LogP contribution >= 0.6 is 0 Å². The van der Waals surface area contributed by atoms with Crippen LogP contribution in [0.2, 0.25) is 0 Å². The lowest BCUT2D eigenvalue weighted by Gasteiger charge is -2.33. The summed E-state index contributed by atoms with van der Waals surface area (Å²) in [5, 5.41) is 0. The minimum Gasteiger partial charge on any atom is -0.381 e. The Morgan fingerprint density at radius 3 is 2.38 bits per heavy atom. The van der Waals surface area contributed by atoms with Gasteiger partial charge in [0.15, 0.2) is 5.78 Å². The van der Waals surface area contributed by atoms with Crippen molar-refractivity contribution in [2.24, 2.45) is 11.3 Å². The predicted molar refractivity (Wildman–Crippen MR) is 63.4 cm³/mol. The third-order valence-electron chi connectivity index (χ3n) is 3.00. The Kier molecular flexibility index (Phi) is 4.93. The van der Waals surface area contributed by atoms with Gasteiger partial charge in [-0.25, -0.2) is 0 Å². The van der Waals surface area contributed by atoms with E-state index in [1.165, 1.54) is 0 Å². The highest BCUT2D eigenvalue weighted by Crippen LogP contribution is 2.28. The third-order valence-corrected chi connectivity index (χ3v) is 3.00. The van der Waals surface area contributed by atoms with Crippen molar-refractivity contribution in [1.82, 2.24) is 0 Å². The number of ketones is 1. The topological polar surface area (TPSA) is 35.5 Å². The van der Waals surface area contributed by atoms with Gasteiger partial charge in [0.25, 0.3) is 0 Å². The van der Waals surface area contributed by atoms with Gasteiger partial charge in [0.1, 0.15) is 6.10 Å². The molecule has 1 heterocycles. The molecule has 0 spiro atoms. The molecule has 1 saturated heterocycles. The van der Waals surface area contributed by atoms with Gasteiger partial charge in [-0.05, 0) is 25.2 Å². The maximum Gasteiger partial charge on any atom is 0.165 e. The predicted octanol–water partition coefficient (Wildman–Crippen LogP) is 2.43. The van der Waals surface area contributed by atoms with E-state index in [1.807, 2.05) is 6.92 Å². The smallest absolute Gasteiger partial charge is 0.165 e. The number of Topliss-reactive ketones (excluding diaryl/α,β-unsaturated/α-hetero) is 1. The number of carbonyl (C=O) groups excluding carboxylic acids is 1. The Bertz CT molecular complexity index is 224. The molecule has 0 bridgehead atoms. The molecule has 16 heavy (non-hydrogen) atoms. The molecule has 0 radical (unpaired) electrons. The number of hydrogen-bond donors (Lipinski definition) is 0. The third kappa shape index (κ3) is 3.56. The molecular weight excluding hydrogens is 204 g/mol. The van der Waals surface area contributed by atoms with E-state index >= 15 is 0 Å². The second kappa shape index (κ2) is 5.78. The lowest BCUT2D eigenvalue weighted by molar-refractivity contribution is -0.144. The largest absolute Gasteiger partial charge is 0.381 e. The van der Waals surface area contributed by atoms with E-state index in [0.717, 1.165) is 12.8 Å². The molecule has 0 amide bonds. The van der Waals surface area contributed by atoms with Crippen LogP contribution < -0.4 is 0 Å². The Labute approximate surface area is 98.5 Å². The van der Waals surface area contributed by atoms with Crippen LogP contribution in [0.1, 0.15) is 40.5 Å². The van der Waals surface area contributed by atoms with E-state index in [0.29, 0.717) is 19.8 Å². The van der Waals surface area contributed by atoms with Crippen LogP contribution in [0.4, 0.5) is 0 Å². The minimum atomic E-state index is -0.277. The number of carbonyl (C=O) groups is 1. The molecule has 3 heteroatoms. The summed E-state index contributed by atoms with van der Waals surface area (Å²) in [6.45, 7) is 10.1. The van der Waals surface area contributed by atoms with Crippen LogP contribution in [0.5, 0.6) is 0 Å². The second-order valence-electron chi connectivity index (χ2n) is 5.49. The van der Waals surface area contributed by atoms with Crippen LogP contribution in [-0.2, 0) is 14.3 Å². The van der Waals surface area contributed by atoms with Crippen molar-refractivity contribution in [3.05, 3.63) is 0 Å². The first kappa shape index (κ1) is 13.7. The molecule has 0 aromatic rings. The van der Waals surface area contributed by atoms with Gasteiger partial charge in [0.2, 0.25) is 0 Å². The summed E-state index contributed by atoms with van der Waals surface area (Å²) in [6, 6.07) is 0. The molecule has 1 atom stereocenters. The zero-order chi connectivity index (χ0) is 12.2. The molecule has 1 aliphatic rings. The summed E-state index contributed by atoms with van der Waals surface area (Å²) in [5.41, 5.74) is -0.120. The standard InChI is InChI=1S/C13H24O3/c1-5-16-12(13(2,3)4)11(14)10-6-8-15-9-7-10/h10,12H,5-9H2,1-4H3. The highest BCUT2D eigenvalue weighted by atomic mass is 16.5. The van der Waals surface area contributed by atoms with Crippen molar-refractivity contribution in [3.8, 4) is 0 Å². The maximum absolute atomic E-state index is 12.4. The van der Waals surface area contributed by atoms with Crippen LogP contribution in [0.3, 0.4) is 0 Å². The van der Waals surface area contributed by atoms with Crippen molar-refractivity contribution in [3.63, 3.8) is 0 Å². The normalized spacial score (nSPS) is 20.8. The second-order valence-corrected chi connectivity index (χ2v) is 5.49. The molecule has 1 unspecified atom stereocenters. The Morgan fingerprint density at radius 1 is 1.38 bits per heavy atom. The Morgan fingerprint density at radius 2 is 1.94 bits per heavy atom. The minimum absolute atomic E-state index is 0.120. The zero-order valence-electron chi connectivity index (χ0n) is 10.9. The monoisotopic (exact) mass is 228 g/mol. The molecule has 94 valence electrons. The first-order valence-corrected chi connectivity index (χ1v) is 6.20. The van der Waals surface area contributed by atoms with Gasteiger partial charge >= 0.3 is 0 Å². The van der Waals surface area contributed by atoms with Crippen LogP contribution in [0.15, 0.2) is 0 Å². The summed E-state index contributed by atoms with van der Waals surface area (Å²) in [4.78, 5) is 12.4. The fourth-order valence-corrected chi connectivity index (χ4v) is 2.12. The molecule has 0 N–H and O–H groups in total. The van der Waals surface area contributed by atoms with Crippen molar-refractivity contribution < 1.29 is 14.3 Å². The van der Waals surface area contributed by atoms with Crippen LogP contribution in [0.25, 0.3) is 0 Å². The molecule has 0 saturated carbocycles. The summed E-state index contributed by atoms with van der Waals surface area (Å²) < 4.78 is 10.9. The van der Waals surface area contributed by atoms with Gasteiger partial charge < -0.3 is 9.47 Å². The average Bonchev–Trinajstić information content (AvgIpc) is 2.25. The van der Waals surface area contributed by atoms with Crippen molar-refractivity contribution in [2.45, 2.75) is 46.6 Å². The zero-order valence-corrected chi connectivity index (χ0v) is 10.9. The van der Waals surface area contributed by atoms with Gasteiger partial charge in [-0.3, -0.25) is 4.79 Å². The average molecular weight is 228 g/mol. The maximum atomic E-state index is 12.4. The molecule has 0 aliphatic carbocycles. The Balaban J connectivity index is 2.66. The highest BCUT2D eigenvalue weighted by Gasteiger charge is 2.36. The number of hydrogen-bond acceptors (Lipinski definition) is 3. The lowest BCUT2D eigenvalue weighted by Crippen LogP contribution is -2.42. The van der Waals surface area contributed by atoms with Crippen LogP contribution in [-0.4, -0.2) is 31.7 Å². The van der Waals surface area contributed by atoms with Crippen molar-refractivity contribution in [1.29, 1.82) is 0 Å². The van der Waals surface area contributed by atoms with E-state index in [4.69, 9.17) is 9.47 Å². The van der Waals surface area contributed by atoms with Gasteiger partial charge in [-0.2, -0.15) is 0 Å². The molecule has 0 aromatic heterocycles. The fourth-order valence-electron chi connectivity index (χ4n) is 2.12. The first-order chi connectivity index (χ1) is 7.46. The molecule has 1 fully saturated rings. The van der Waals surface area contributed by atoms with E-state index < -0.39 is 0 Å². The first-order valence-electron chi connectivity index (χ1n) is 6.20. The highest BCUT2D eigenvalue weighted by molar-refractivity contribution is 5.86. The Hall–Kier alpha value is -0.410. The molecule has 3 nitrogen and oxygen atoms in total. The number of rotatable bonds is 4. The summed E-state index contributed by atoms with van der Waals surface area (Å²) in [5.74, 6) is 0.391. The van der Waals surface area contributed by atoms with Gasteiger partial charge in [0.05, 0.1) is 0 Å². The van der Waals surface area contributed by atoms with Gasteiger partial charge in [0, 0.05) is 25.7 Å².